The van der Waals surface area contributed by atoms with E-state index < -0.39 is 0 Å². The topological polar surface area (TPSA) is 20.3 Å². The summed E-state index contributed by atoms with van der Waals surface area (Å²) in [5.74, 6) is 0.192. The van der Waals surface area contributed by atoms with Gasteiger partial charge in [0, 0.05) is 12.1 Å². The molecule has 19 heavy (non-hydrogen) atoms. The van der Waals surface area contributed by atoms with Crippen LogP contribution in [0.4, 0.5) is 0 Å². The summed E-state index contributed by atoms with van der Waals surface area (Å²) in [6, 6.07) is 16.7. The monoisotopic (exact) mass is 249 g/mol. The highest BCUT2D eigenvalue weighted by Gasteiger charge is 2.38. The summed E-state index contributed by atoms with van der Waals surface area (Å²) in [4.78, 5) is 14.6. The summed E-state index contributed by atoms with van der Waals surface area (Å²) in [6.45, 7) is 0.854. The number of rotatable bonds is 0. The van der Waals surface area contributed by atoms with Crippen LogP contribution < -0.4 is 0 Å². The molecule has 2 heteroatoms. The normalized spacial score (nSPS) is 20.5. The molecule has 0 bridgehead atoms. The van der Waals surface area contributed by atoms with Gasteiger partial charge in [-0.2, -0.15) is 0 Å². The zero-order chi connectivity index (χ0) is 12.8. The molecule has 0 aliphatic carbocycles. The second-order valence-corrected chi connectivity index (χ2v) is 5.29. The van der Waals surface area contributed by atoms with Crippen LogP contribution in [0.15, 0.2) is 48.5 Å². The SMILES string of the molecule is O=C1c2ccccc2C2c3ccccc3CCCN12. The Morgan fingerprint density at radius 1 is 0.947 bits per heavy atom. The Morgan fingerprint density at radius 2 is 1.68 bits per heavy atom. The average molecular weight is 249 g/mol. The Hall–Kier alpha value is -2.09. The first-order valence-electron chi connectivity index (χ1n) is 6.84. The molecule has 94 valence electrons. The van der Waals surface area contributed by atoms with Gasteiger partial charge in [-0.1, -0.05) is 42.5 Å². The van der Waals surface area contributed by atoms with Crippen LogP contribution in [0.1, 0.15) is 39.5 Å². The first kappa shape index (κ1) is 10.8. The van der Waals surface area contributed by atoms with Crippen molar-refractivity contribution in [1.29, 1.82) is 0 Å². The predicted molar refractivity (Wildman–Crippen MR) is 74.1 cm³/mol. The van der Waals surface area contributed by atoms with E-state index in [-0.39, 0.29) is 11.9 Å². The lowest BCUT2D eigenvalue weighted by Gasteiger charge is -2.24. The third kappa shape index (κ3) is 1.46. The molecule has 2 nitrogen and oxygen atoms in total. The molecule has 2 heterocycles. The van der Waals surface area contributed by atoms with Crippen molar-refractivity contribution in [1.82, 2.24) is 4.90 Å². The van der Waals surface area contributed by atoms with Gasteiger partial charge in [0.25, 0.3) is 5.91 Å². The fourth-order valence-corrected chi connectivity index (χ4v) is 3.40. The van der Waals surface area contributed by atoms with Crippen molar-refractivity contribution in [2.24, 2.45) is 0 Å². The highest BCUT2D eigenvalue weighted by Crippen LogP contribution is 2.41. The van der Waals surface area contributed by atoms with Crippen LogP contribution in [-0.4, -0.2) is 17.4 Å². The van der Waals surface area contributed by atoms with Crippen molar-refractivity contribution in [3.8, 4) is 0 Å². The van der Waals surface area contributed by atoms with E-state index in [4.69, 9.17) is 0 Å². The summed E-state index contributed by atoms with van der Waals surface area (Å²) in [6.07, 6.45) is 2.12. The number of benzene rings is 2. The van der Waals surface area contributed by atoms with Gasteiger partial charge in [-0.25, -0.2) is 0 Å². The van der Waals surface area contributed by atoms with Crippen molar-refractivity contribution in [2.45, 2.75) is 18.9 Å². The average Bonchev–Trinajstić information content (AvgIpc) is 2.62. The third-order valence-corrected chi connectivity index (χ3v) is 4.25. The summed E-state index contributed by atoms with van der Waals surface area (Å²) in [5, 5.41) is 0. The van der Waals surface area contributed by atoms with Gasteiger partial charge in [0.2, 0.25) is 0 Å². The number of hydrogen-bond donors (Lipinski definition) is 0. The molecule has 0 spiro atoms. The lowest BCUT2D eigenvalue weighted by Crippen LogP contribution is -2.28. The molecule has 1 atom stereocenters. The van der Waals surface area contributed by atoms with Crippen LogP contribution in [0, 0.1) is 0 Å². The third-order valence-electron chi connectivity index (χ3n) is 4.25. The molecule has 0 saturated carbocycles. The van der Waals surface area contributed by atoms with Crippen LogP contribution in [0.5, 0.6) is 0 Å². The maximum absolute atomic E-state index is 12.5. The first-order valence-corrected chi connectivity index (χ1v) is 6.84. The number of carbonyl (C=O) groups is 1. The molecule has 2 aromatic rings. The highest BCUT2D eigenvalue weighted by atomic mass is 16.2. The molecular formula is C17H15NO. The van der Waals surface area contributed by atoms with E-state index in [1.54, 1.807) is 0 Å². The molecule has 2 aliphatic heterocycles. The van der Waals surface area contributed by atoms with E-state index in [1.165, 1.54) is 16.7 Å². The van der Waals surface area contributed by atoms with E-state index in [0.29, 0.717) is 0 Å². The zero-order valence-electron chi connectivity index (χ0n) is 10.7. The van der Waals surface area contributed by atoms with E-state index in [1.807, 2.05) is 23.1 Å². The van der Waals surface area contributed by atoms with Gasteiger partial charge in [-0.3, -0.25) is 4.79 Å². The number of carbonyl (C=O) groups excluding carboxylic acids is 1. The Balaban J connectivity index is 1.97. The van der Waals surface area contributed by atoms with Crippen molar-refractivity contribution < 1.29 is 4.79 Å². The quantitative estimate of drug-likeness (QED) is 0.702. The fourth-order valence-electron chi connectivity index (χ4n) is 3.40. The molecule has 0 radical (unpaired) electrons. The summed E-state index contributed by atoms with van der Waals surface area (Å²) in [5.41, 5.74) is 4.74. The molecule has 2 aliphatic rings. The van der Waals surface area contributed by atoms with Crippen LogP contribution >= 0.6 is 0 Å². The largest absolute Gasteiger partial charge is 0.327 e. The number of amides is 1. The molecule has 0 saturated heterocycles. The molecule has 0 aromatic heterocycles. The maximum Gasteiger partial charge on any atom is 0.255 e. The van der Waals surface area contributed by atoms with Gasteiger partial charge >= 0.3 is 0 Å². The summed E-state index contributed by atoms with van der Waals surface area (Å²) in [7, 11) is 0. The molecule has 0 fully saturated rings. The second kappa shape index (κ2) is 3.95. The van der Waals surface area contributed by atoms with Crippen LogP contribution in [0.25, 0.3) is 0 Å². The number of aryl methyl sites for hydroxylation is 1. The highest BCUT2D eigenvalue weighted by molar-refractivity contribution is 5.99. The Labute approximate surface area is 112 Å². The van der Waals surface area contributed by atoms with E-state index >= 15 is 0 Å². The van der Waals surface area contributed by atoms with Crippen molar-refractivity contribution in [3.63, 3.8) is 0 Å². The van der Waals surface area contributed by atoms with E-state index in [2.05, 4.69) is 30.3 Å². The first-order chi connectivity index (χ1) is 9.36. The van der Waals surface area contributed by atoms with Crippen LogP contribution in [0.2, 0.25) is 0 Å². The Morgan fingerprint density at radius 3 is 2.58 bits per heavy atom. The number of nitrogens with zero attached hydrogens (tertiary/aromatic N) is 1. The minimum absolute atomic E-state index is 0.127. The van der Waals surface area contributed by atoms with Gasteiger partial charge in [-0.05, 0) is 35.6 Å². The van der Waals surface area contributed by atoms with Crippen molar-refractivity contribution in [3.05, 3.63) is 70.8 Å². The molecule has 1 amide bonds. The van der Waals surface area contributed by atoms with Gasteiger partial charge < -0.3 is 4.90 Å². The van der Waals surface area contributed by atoms with Gasteiger partial charge in [0.05, 0.1) is 6.04 Å². The van der Waals surface area contributed by atoms with Crippen molar-refractivity contribution >= 4 is 5.91 Å². The zero-order valence-corrected chi connectivity index (χ0v) is 10.7. The second-order valence-electron chi connectivity index (χ2n) is 5.29. The maximum atomic E-state index is 12.5. The minimum atomic E-state index is 0.127. The van der Waals surface area contributed by atoms with E-state index in [0.717, 1.165) is 24.9 Å². The standard InChI is InChI=1S/C17H15NO/c19-17-15-10-4-3-9-14(15)16-13-8-2-1-6-12(13)7-5-11-18(16)17/h1-4,6,8-10,16H,5,7,11H2. The summed E-state index contributed by atoms with van der Waals surface area (Å²) >= 11 is 0. The predicted octanol–water partition coefficient (Wildman–Crippen LogP) is 3.18. The lowest BCUT2D eigenvalue weighted by atomic mass is 9.93. The molecule has 4 rings (SSSR count). The van der Waals surface area contributed by atoms with Crippen LogP contribution in [0.3, 0.4) is 0 Å². The minimum Gasteiger partial charge on any atom is -0.327 e. The van der Waals surface area contributed by atoms with E-state index in [9.17, 15) is 4.79 Å². The van der Waals surface area contributed by atoms with Crippen molar-refractivity contribution in [2.75, 3.05) is 6.54 Å². The Kier molecular flexibility index (Phi) is 2.25. The fraction of sp³-hybridized carbons (Fsp3) is 0.235. The van der Waals surface area contributed by atoms with Gasteiger partial charge in [0.15, 0.2) is 0 Å². The Bertz CT molecular complexity index is 662. The molecule has 1 unspecified atom stereocenters. The van der Waals surface area contributed by atoms with Crippen LogP contribution in [-0.2, 0) is 6.42 Å². The molecular weight excluding hydrogens is 234 g/mol. The number of fused-ring (bicyclic) bond motifs is 5. The van der Waals surface area contributed by atoms with Gasteiger partial charge in [0.1, 0.15) is 0 Å². The summed E-state index contributed by atoms with van der Waals surface area (Å²) < 4.78 is 0. The molecule has 0 N–H and O–H groups in total. The molecule has 2 aromatic carbocycles. The number of hydrogen-bond acceptors (Lipinski definition) is 1. The smallest absolute Gasteiger partial charge is 0.255 e. The van der Waals surface area contributed by atoms with Gasteiger partial charge in [-0.15, -0.1) is 0 Å². The lowest BCUT2D eigenvalue weighted by molar-refractivity contribution is 0.0753.